The van der Waals surface area contributed by atoms with Crippen molar-refractivity contribution in [2.75, 3.05) is 14.2 Å². The van der Waals surface area contributed by atoms with Crippen LogP contribution in [-0.2, 0) is 16.3 Å². The predicted octanol–water partition coefficient (Wildman–Crippen LogP) is 2.09. The highest BCUT2D eigenvalue weighted by molar-refractivity contribution is 7.92. The van der Waals surface area contributed by atoms with Gasteiger partial charge in [-0.3, -0.25) is 0 Å². The molecule has 20 heavy (non-hydrogen) atoms. The lowest BCUT2D eigenvalue weighted by atomic mass is 10.1. The van der Waals surface area contributed by atoms with Crippen molar-refractivity contribution in [3.8, 4) is 5.75 Å². The van der Waals surface area contributed by atoms with Gasteiger partial charge in [0.1, 0.15) is 5.75 Å². The first-order valence-electron chi connectivity index (χ1n) is 7.02. The maximum absolute atomic E-state index is 12.7. The molecule has 0 amide bonds. The fourth-order valence-corrected chi connectivity index (χ4v) is 5.02. The topological polar surface area (TPSA) is 55.4 Å². The van der Waals surface area contributed by atoms with Gasteiger partial charge in [0.15, 0.2) is 9.84 Å². The Balaban J connectivity index is 2.41. The first-order valence-corrected chi connectivity index (χ1v) is 8.63. The van der Waals surface area contributed by atoms with Crippen LogP contribution in [0.4, 0.5) is 0 Å². The summed E-state index contributed by atoms with van der Waals surface area (Å²) in [6.45, 7) is 3.72. The molecule has 0 aromatic heterocycles. The number of nitrogens with one attached hydrogen (secondary N) is 1. The van der Waals surface area contributed by atoms with E-state index in [1.807, 2.05) is 32.2 Å². The van der Waals surface area contributed by atoms with Gasteiger partial charge >= 0.3 is 0 Å². The molecule has 3 atom stereocenters. The van der Waals surface area contributed by atoms with E-state index in [0.717, 1.165) is 16.9 Å². The molecule has 0 radical (unpaired) electrons. The van der Waals surface area contributed by atoms with Crippen LogP contribution in [0.15, 0.2) is 18.2 Å². The van der Waals surface area contributed by atoms with E-state index in [4.69, 9.17) is 4.74 Å². The molecule has 3 unspecified atom stereocenters. The van der Waals surface area contributed by atoms with Crippen molar-refractivity contribution in [1.82, 2.24) is 5.32 Å². The Morgan fingerprint density at radius 3 is 2.70 bits per heavy atom. The fourth-order valence-electron chi connectivity index (χ4n) is 2.89. The van der Waals surface area contributed by atoms with Crippen LogP contribution in [0.3, 0.4) is 0 Å². The zero-order chi connectivity index (χ0) is 14.9. The lowest BCUT2D eigenvalue weighted by Crippen LogP contribution is -2.37. The summed E-state index contributed by atoms with van der Waals surface area (Å²) in [4.78, 5) is 0. The Kier molecular flexibility index (Phi) is 4.39. The van der Waals surface area contributed by atoms with Gasteiger partial charge in [0, 0.05) is 6.04 Å². The molecular weight excluding hydrogens is 274 g/mol. The van der Waals surface area contributed by atoms with Gasteiger partial charge in [-0.1, -0.05) is 13.0 Å². The molecule has 0 aliphatic heterocycles. The van der Waals surface area contributed by atoms with Crippen molar-refractivity contribution < 1.29 is 13.2 Å². The molecule has 1 N–H and O–H groups in total. The Morgan fingerprint density at radius 2 is 2.15 bits per heavy atom. The van der Waals surface area contributed by atoms with E-state index in [9.17, 15) is 8.42 Å². The van der Waals surface area contributed by atoms with E-state index in [1.165, 1.54) is 0 Å². The molecule has 5 heteroatoms. The number of sulfone groups is 1. The normalized spacial score (nSPS) is 23.4. The van der Waals surface area contributed by atoms with Gasteiger partial charge in [-0.2, -0.15) is 0 Å². The minimum Gasteiger partial charge on any atom is -0.497 e. The van der Waals surface area contributed by atoms with E-state index in [2.05, 4.69) is 5.32 Å². The molecule has 1 aliphatic carbocycles. The summed E-state index contributed by atoms with van der Waals surface area (Å²) in [7, 11) is 0.301. The molecule has 0 saturated heterocycles. The van der Waals surface area contributed by atoms with Crippen LogP contribution >= 0.6 is 0 Å². The van der Waals surface area contributed by atoms with E-state index < -0.39 is 9.84 Å². The summed E-state index contributed by atoms with van der Waals surface area (Å²) >= 11 is 0. The molecule has 0 fully saturated rings. The molecule has 0 heterocycles. The summed E-state index contributed by atoms with van der Waals surface area (Å²) in [6.07, 6.45) is 1.23. The molecule has 112 valence electrons. The molecule has 0 saturated carbocycles. The number of ether oxygens (including phenoxy) is 1. The lowest BCUT2D eigenvalue weighted by molar-refractivity contribution is 0.413. The number of hydrogen-bond acceptors (Lipinski definition) is 4. The van der Waals surface area contributed by atoms with Crippen LogP contribution in [0.1, 0.15) is 37.4 Å². The van der Waals surface area contributed by atoms with Gasteiger partial charge in [-0.25, -0.2) is 8.42 Å². The van der Waals surface area contributed by atoms with Crippen LogP contribution in [-0.4, -0.2) is 33.1 Å². The number of hydrogen-bond donors (Lipinski definition) is 1. The molecule has 1 aromatic carbocycles. The summed E-state index contributed by atoms with van der Waals surface area (Å²) in [5, 5.41) is 2.48. The zero-order valence-corrected chi connectivity index (χ0v) is 13.3. The molecule has 2 rings (SSSR count). The standard InChI is InChI=1S/C15H23NO3S/c1-5-10(2)20(17,18)14-8-11-6-7-12(19-4)9-13(11)15(14)16-3/h6-7,9-10,14-16H,5,8H2,1-4H3. The SMILES string of the molecule is CCC(C)S(=O)(=O)C1Cc2ccc(OC)cc2C1NC. The highest BCUT2D eigenvalue weighted by Crippen LogP contribution is 2.38. The predicted molar refractivity (Wildman–Crippen MR) is 81.0 cm³/mol. The van der Waals surface area contributed by atoms with Gasteiger partial charge in [-0.05, 0) is 50.1 Å². The van der Waals surface area contributed by atoms with Crippen molar-refractivity contribution >= 4 is 9.84 Å². The van der Waals surface area contributed by atoms with Crippen LogP contribution in [0.25, 0.3) is 0 Å². The number of methoxy groups -OCH3 is 1. The van der Waals surface area contributed by atoms with E-state index in [0.29, 0.717) is 12.8 Å². The van der Waals surface area contributed by atoms with Crippen molar-refractivity contribution in [2.24, 2.45) is 0 Å². The Hall–Kier alpha value is -1.07. The van der Waals surface area contributed by atoms with Crippen molar-refractivity contribution in [2.45, 2.75) is 43.2 Å². The van der Waals surface area contributed by atoms with Gasteiger partial charge < -0.3 is 10.1 Å². The minimum atomic E-state index is -3.14. The second-order valence-corrected chi connectivity index (χ2v) is 7.97. The molecule has 1 aromatic rings. The molecule has 4 nitrogen and oxygen atoms in total. The Labute approximate surface area is 121 Å². The van der Waals surface area contributed by atoms with Crippen LogP contribution < -0.4 is 10.1 Å². The van der Waals surface area contributed by atoms with Gasteiger partial charge in [0.25, 0.3) is 0 Å². The first kappa shape index (κ1) is 15.3. The second kappa shape index (κ2) is 5.74. The Morgan fingerprint density at radius 1 is 1.45 bits per heavy atom. The third-order valence-corrected chi connectivity index (χ3v) is 7.09. The summed E-state index contributed by atoms with van der Waals surface area (Å²) in [5.41, 5.74) is 2.14. The molecular formula is C15H23NO3S. The van der Waals surface area contributed by atoms with Crippen molar-refractivity contribution in [3.63, 3.8) is 0 Å². The summed E-state index contributed by atoms with van der Waals surface area (Å²) in [5.74, 6) is 0.769. The second-order valence-electron chi connectivity index (χ2n) is 5.38. The van der Waals surface area contributed by atoms with Gasteiger partial charge in [0.2, 0.25) is 0 Å². The van der Waals surface area contributed by atoms with Crippen LogP contribution in [0.2, 0.25) is 0 Å². The van der Waals surface area contributed by atoms with E-state index in [1.54, 1.807) is 14.0 Å². The van der Waals surface area contributed by atoms with Gasteiger partial charge in [-0.15, -0.1) is 0 Å². The Bertz CT molecular complexity index is 583. The zero-order valence-electron chi connectivity index (χ0n) is 12.5. The molecule has 0 spiro atoms. The smallest absolute Gasteiger partial charge is 0.157 e. The highest BCUT2D eigenvalue weighted by Gasteiger charge is 2.42. The van der Waals surface area contributed by atoms with E-state index in [-0.39, 0.29) is 16.5 Å². The third-order valence-electron chi connectivity index (χ3n) is 4.35. The van der Waals surface area contributed by atoms with Gasteiger partial charge in [0.05, 0.1) is 17.6 Å². The number of rotatable bonds is 5. The maximum atomic E-state index is 12.7. The monoisotopic (exact) mass is 297 g/mol. The minimum absolute atomic E-state index is 0.154. The third kappa shape index (κ3) is 2.44. The average Bonchev–Trinajstić information content (AvgIpc) is 2.84. The number of benzene rings is 1. The van der Waals surface area contributed by atoms with E-state index >= 15 is 0 Å². The average molecular weight is 297 g/mol. The number of fused-ring (bicyclic) bond motifs is 1. The summed E-state index contributed by atoms with van der Waals surface area (Å²) < 4.78 is 30.6. The fraction of sp³-hybridized carbons (Fsp3) is 0.600. The maximum Gasteiger partial charge on any atom is 0.157 e. The van der Waals surface area contributed by atoms with Crippen LogP contribution in [0.5, 0.6) is 5.75 Å². The van der Waals surface area contributed by atoms with Crippen molar-refractivity contribution in [3.05, 3.63) is 29.3 Å². The van der Waals surface area contributed by atoms with Crippen molar-refractivity contribution in [1.29, 1.82) is 0 Å². The molecule has 1 aliphatic rings. The summed E-state index contributed by atoms with van der Waals surface area (Å²) in [6, 6.07) is 5.66. The molecule has 0 bridgehead atoms. The highest BCUT2D eigenvalue weighted by atomic mass is 32.2. The largest absolute Gasteiger partial charge is 0.497 e. The quantitative estimate of drug-likeness (QED) is 0.904. The first-order chi connectivity index (χ1) is 9.45. The lowest BCUT2D eigenvalue weighted by Gasteiger charge is -2.23. The van der Waals surface area contributed by atoms with Crippen LogP contribution in [0, 0.1) is 0 Å².